The van der Waals surface area contributed by atoms with Gasteiger partial charge in [-0.25, -0.2) is 0 Å². The fraction of sp³-hybridized carbons (Fsp3) is 0. The highest BCUT2D eigenvalue weighted by molar-refractivity contribution is 7.87. The molecule has 0 saturated carbocycles. The molecule has 4 N–H and O–H groups in total. The maximum absolute atomic E-state index is 12.7. The van der Waals surface area contributed by atoms with Crippen LogP contribution >= 0.6 is 0 Å². The molecule has 10 heteroatoms. The van der Waals surface area contributed by atoms with Crippen molar-refractivity contribution in [2.45, 2.75) is 9.79 Å². The summed E-state index contributed by atoms with van der Waals surface area (Å²) in [7, 11) is -8.23. The van der Waals surface area contributed by atoms with Gasteiger partial charge in [0.2, 0.25) is 0 Å². The van der Waals surface area contributed by atoms with Crippen LogP contribution in [0.5, 0.6) is 11.5 Å². The van der Waals surface area contributed by atoms with Crippen LogP contribution in [0.15, 0.2) is 107 Å². The molecule has 0 heterocycles. The first-order valence-corrected chi connectivity index (χ1v) is 13.4. The Kier molecular flexibility index (Phi) is 7.00. The standard InChI is InChI=1S/C26H22N2O6S2/c27-21-15-13-19(25(17-21)33-35(29,30)23-7-3-1-4-8-23)11-12-20-14-16-22(28)18-26(20)34-36(31,32)24-9-5-2-6-10-24/h1-18H,27-28H2. The van der Waals surface area contributed by atoms with Crippen molar-refractivity contribution in [3.05, 3.63) is 108 Å². The van der Waals surface area contributed by atoms with Gasteiger partial charge in [-0.2, -0.15) is 16.8 Å². The summed E-state index contributed by atoms with van der Waals surface area (Å²) >= 11 is 0. The molecule has 0 radical (unpaired) electrons. The van der Waals surface area contributed by atoms with E-state index in [9.17, 15) is 16.8 Å². The quantitative estimate of drug-likeness (QED) is 0.195. The maximum atomic E-state index is 12.7. The molecule has 8 nitrogen and oxygen atoms in total. The summed E-state index contributed by atoms with van der Waals surface area (Å²) in [6, 6.07) is 24.5. The second kappa shape index (κ2) is 10.1. The van der Waals surface area contributed by atoms with Gasteiger partial charge in [-0.3, -0.25) is 0 Å². The second-order valence-electron chi connectivity index (χ2n) is 7.63. The van der Waals surface area contributed by atoms with Gasteiger partial charge in [0.05, 0.1) is 0 Å². The van der Waals surface area contributed by atoms with Crippen molar-refractivity contribution in [2.75, 3.05) is 11.5 Å². The highest BCUT2D eigenvalue weighted by atomic mass is 32.2. The van der Waals surface area contributed by atoms with Gasteiger partial charge < -0.3 is 19.8 Å². The first-order chi connectivity index (χ1) is 17.1. The molecule has 0 spiro atoms. The van der Waals surface area contributed by atoms with Gasteiger partial charge in [-0.1, -0.05) is 48.6 Å². The smallest absolute Gasteiger partial charge is 0.339 e. The molecule has 0 unspecified atom stereocenters. The zero-order chi connectivity index (χ0) is 25.8. The van der Waals surface area contributed by atoms with Crippen LogP contribution in [0, 0.1) is 0 Å². The minimum absolute atomic E-state index is 0.00456. The summed E-state index contributed by atoms with van der Waals surface area (Å²) in [5.74, 6) is 0.00912. The van der Waals surface area contributed by atoms with Gasteiger partial charge in [-0.05, 0) is 48.5 Å². The molecule has 0 aliphatic rings. The molecule has 4 rings (SSSR count). The lowest BCUT2D eigenvalue weighted by Gasteiger charge is -2.12. The van der Waals surface area contributed by atoms with Crippen LogP contribution in [-0.4, -0.2) is 16.8 Å². The molecule has 0 aliphatic carbocycles. The van der Waals surface area contributed by atoms with Crippen molar-refractivity contribution in [3.8, 4) is 11.5 Å². The summed E-state index contributed by atoms with van der Waals surface area (Å²) in [6.45, 7) is 0. The summed E-state index contributed by atoms with van der Waals surface area (Å²) < 4.78 is 61.7. The van der Waals surface area contributed by atoms with E-state index in [1.54, 1.807) is 72.8 Å². The summed E-state index contributed by atoms with van der Waals surface area (Å²) in [4.78, 5) is -0.0228. The molecule has 0 aromatic heterocycles. The average molecular weight is 523 g/mol. The Morgan fingerprint density at radius 2 is 0.889 bits per heavy atom. The Morgan fingerprint density at radius 1 is 0.528 bits per heavy atom. The third-order valence-electron chi connectivity index (χ3n) is 4.98. The van der Waals surface area contributed by atoms with Crippen LogP contribution in [0.3, 0.4) is 0 Å². The average Bonchev–Trinajstić information content (AvgIpc) is 2.85. The van der Waals surface area contributed by atoms with E-state index >= 15 is 0 Å². The Bertz CT molecular complexity index is 1500. The highest BCUT2D eigenvalue weighted by Crippen LogP contribution is 2.31. The van der Waals surface area contributed by atoms with E-state index in [2.05, 4.69) is 0 Å². The zero-order valence-corrected chi connectivity index (χ0v) is 20.4. The zero-order valence-electron chi connectivity index (χ0n) is 18.8. The lowest BCUT2D eigenvalue weighted by atomic mass is 10.1. The number of hydrogen-bond donors (Lipinski definition) is 2. The lowest BCUT2D eigenvalue weighted by Crippen LogP contribution is -2.11. The van der Waals surface area contributed by atoms with Gasteiger partial charge in [0, 0.05) is 34.6 Å². The number of nitrogens with two attached hydrogens (primary N) is 2. The highest BCUT2D eigenvalue weighted by Gasteiger charge is 2.19. The van der Waals surface area contributed by atoms with E-state index in [4.69, 9.17) is 19.8 Å². The minimum Gasteiger partial charge on any atom is -0.399 e. The monoisotopic (exact) mass is 522 g/mol. The minimum atomic E-state index is -4.11. The van der Waals surface area contributed by atoms with E-state index in [1.165, 1.54) is 36.4 Å². The first-order valence-electron chi connectivity index (χ1n) is 10.6. The fourth-order valence-corrected chi connectivity index (χ4v) is 5.14. The summed E-state index contributed by atoms with van der Waals surface area (Å²) in [5.41, 5.74) is 13.1. The van der Waals surface area contributed by atoms with Crippen molar-refractivity contribution in [3.63, 3.8) is 0 Å². The number of anilines is 2. The van der Waals surface area contributed by atoms with Gasteiger partial charge >= 0.3 is 20.2 Å². The molecule has 36 heavy (non-hydrogen) atoms. The Hall–Kier alpha value is -4.28. The molecular weight excluding hydrogens is 500 g/mol. The van der Waals surface area contributed by atoms with Crippen molar-refractivity contribution in [1.82, 2.24) is 0 Å². The van der Waals surface area contributed by atoms with Gasteiger partial charge in [-0.15, -0.1) is 0 Å². The molecule has 0 bridgehead atoms. The van der Waals surface area contributed by atoms with E-state index < -0.39 is 20.2 Å². The van der Waals surface area contributed by atoms with Crippen molar-refractivity contribution in [2.24, 2.45) is 0 Å². The van der Waals surface area contributed by atoms with E-state index in [-0.39, 0.29) is 21.3 Å². The van der Waals surface area contributed by atoms with Crippen LogP contribution in [0.4, 0.5) is 11.4 Å². The maximum Gasteiger partial charge on any atom is 0.339 e. The molecule has 0 fully saturated rings. The number of rotatable bonds is 8. The SMILES string of the molecule is Nc1ccc(C=Cc2ccc(N)cc2OS(=O)(=O)c2ccccc2)c(OS(=O)(=O)c2ccccc2)c1. The van der Waals surface area contributed by atoms with Crippen LogP contribution in [0.25, 0.3) is 12.2 Å². The van der Waals surface area contributed by atoms with Crippen molar-refractivity contribution in [1.29, 1.82) is 0 Å². The van der Waals surface area contributed by atoms with Crippen LogP contribution < -0.4 is 19.8 Å². The molecule has 184 valence electrons. The predicted octanol–water partition coefficient (Wildman–Crippen LogP) is 4.56. The molecule has 0 saturated heterocycles. The van der Waals surface area contributed by atoms with Crippen molar-refractivity contribution >= 4 is 43.8 Å². The van der Waals surface area contributed by atoms with E-state index in [0.717, 1.165) is 0 Å². The van der Waals surface area contributed by atoms with Crippen LogP contribution in [-0.2, 0) is 20.2 Å². The van der Waals surface area contributed by atoms with Crippen LogP contribution in [0.1, 0.15) is 11.1 Å². The number of hydrogen-bond acceptors (Lipinski definition) is 8. The van der Waals surface area contributed by atoms with E-state index in [1.807, 2.05) is 0 Å². The van der Waals surface area contributed by atoms with Gasteiger partial charge in [0.25, 0.3) is 0 Å². The normalized spacial score (nSPS) is 11.9. The van der Waals surface area contributed by atoms with E-state index in [0.29, 0.717) is 22.5 Å². The Labute approximate surface area is 209 Å². The predicted molar refractivity (Wildman–Crippen MR) is 139 cm³/mol. The lowest BCUT2D eigenvalue weighted by molar-refractivity contribution is 0.483. The number of nitrogen functional groups attached to an aromatic ring is 2. The molecule has 0 amide bonds. The molecule has 0 aliphatic heterocycles. The third-order valence-corrected chi connectivity index (χ3v) is 7.48. The molecule has 4 aromatic carbocycles. The Morgan fingerprint density at radius 3 is 1.25 bits per heavy atom. The summed E-state index contributed by atoms with van der Waals surface area (Å²) in [5, 5.41) is 0. The molecule has 4 aromatic rings. The topological polar surface area (TPSA) is 139 Å². The van der Waals surface area contributed by atoms with Crippen molar-refractivity contribution < 1.29 is 25.2 Å². The summed E-state index contributed by atoms with van der Waals surface area (Å²) in [6.07, 6.45) is 3.12. The van der Waals surface area contributed by atoms with Crippen LogP contribution in [0.2, 0.25) is 0 Å². The third kappa shape index (κ3) is 5.85. The fourth-order valence-electron chi connectivity index (χ4n) is 3.21. The first kappa shape index (κ1) is 24.8. The van der Waals surface area contributed by atoms with Gasteiger partial charge in [0.15, 0.2) is 11.5 Å². The number of benzene rings is 4. The molecule has 0 atom stereocenters. The largest absolute Gasteiger partial charge is 0.399 e. The Balaban J connectivity index is 1.67. The van der Waals surface area contributed by atoms with Gasteiger partial charge in [0.1, 0.15) is 9.79 Å². The molecular formula is C26H22N2O6S2. The second-order valence-corrected chi connectivity index (χ2v) is 10.7.